The van der Waals surface area contributed by atoms with Crippen molar-refractivity contribution >= 4 is 33.1 Å². The number of carbonyl (C=O) groups is 1. The largest absolute Gasteiger partial charge is 0.491 e. The van der Waals surface area contributed by atoms with Crippen molar-refractivity contribution in [3.8, 4) is 16.3 Å². The summed E-state index contributed by atoms with van der Waals surface area (Å²) >= 11 is 1.67. The number of fused-ring (bicyclic) bond motifs is 1. The van der Waals surface area contributed by atoms with E-state index in [-0.39, 0.29) is 5.91 Å². The maximum atomic E-state index is 12.5. The molecular formula is C25H24N2O3S. The van der Waals surface area contributed by atoms with Gasteiger partial charge in [-0.15, -0.1) is 11.3 Å². The van der Waals surface area contributed by atoms with E-state index in [9.17, 15) is 4.79 Å². The highest BCUT2D eigenvalue weighted by Crippen LogP contribution is 2.31. The second-order valence-corrected chi connectivity index (χ2v) is 8.12. The molecule has 5 nitrogen and oxygen atoms in total. The third-order valence-electron chi connectivity index (χ3n) is 4.75. The van der Waals surface area contributed by atoms with Crippen molar-refractivity contribution in [1.29, 1.82) is 0 Å². The van der Waals surface area contributed by atoms with Gasteiger partial charge in [0, 0.05) is 23.4 Å². The van der Waals surface area contributed by atoms with Crippen molar-refractivity contribution in [3.05, 3.63) is 77.9 Å². The van der Waals surface area contributed by atoms with Gasteiger partial charge in [0.2, 0.25) is 0 Å². The molecular weight excluding hydrogens is 408 g/mol. The van der Waals surface area contributed by atoms with E-state index in [0.29, 0.717) is 31.1 Å². The van der Waals surface area contributed by atoms with Crippen LogP contribution in [-0.4, -0.2) is 30.7 Å². The first kappa shape index (κ1) is 21.0. The molecule has 1 N–H and O–H groups in total. The van der Waals surface area contributed by atoms with Gasteiger partial charge in [-0.1, -0.05) is 6.07 Å². The second-order valence-electron chi connectivity index (χ2n) is 7.09. The van der Waals surface area contributed by atoms with E-state index in [2.05, 4.69) is 30.4 Å². The number of nitrogens with zero attached hydrogens (tertiary/aromatic N) is 1. The number of aromatic nitrogens is 1. The standard InChI is InChI=1S/C25H24N2O3S/c1-3-29-14-15-30-21-11-7-18(8-12-21)24(28)26-20-9-5-19(6-10-20)25-27-22-13-4-17(2)16-23(22)31-25/h4-13,16H,3,14-15H2,1-2H3,(H,26,28). The molecule has 0 atom stereocenters. The van der Waals surface area contributed by atoms with E-state index in [1.54, 1.807) is 35.6 Å². The van der Waals surface area contributed by atoms with Crippen LogP contribution in [0.25, 0.3) is 20.8 Å². The zero-order chi connectivity index (χ0) is 21.6. The molecule has 0 saturated heterocycles. The van der Waals surface area contributed by atoms with E-state index in [0.717, 1.165) is 21.8 Å². The lowest BCUT2D eigenvalue weighted by molar-refractivity contribution is 0.102. The Labute approximate surface area is 185 Å². The lowest BCUT2D eigenvalue weighted by Gasteiger charge is -2.08. The Morgan fingerprint density at radius 3 is 2.52 bits per heavy atom. The van der Waals surface area contributed by atoms with Gasteiger partial charge in [-0.25, -0.2) is 4.98 Å². The summed E-state index contributed by atoms with van der Waals surface area (Å²) in [6.45, 7) is 5.73. The Morgan fingerprint density at radius 1 is 1.00 bits per heavy atom. The van der Waals surface area contributed by atoms with Crippen molar-refractivity contribution in [3.63, 3.8) is 0 Å². The maximum Gasteiger partial charge on any atom is 0.255 e. The van der Waals surface area contributed by atoms with Crippen LogP contribution in [0, 0.1) is 6.92 Å². The number of benzene rings is 3. The zero-order valence-electron chi connectivity index (χ0n) is 17.6. The first-order valence-electron chi connectivity index (χ1n) is 10.2. The molecule has 0 spiro atoms. The molecule has 1 amide bonds. The Balaban J connectivity index is 1.38. The predicted octanol–water partition coefficient (Wildman–Crippen LogP) is 5.94. The smallest absolute Gasteiger partial charge is 0.255 e. The number of aryl methyl sites for hydroxylation is 1. The van der Waals surface area contributed by atoms with Crippen LogP contribution in [0.4, 0.5) is 5.69 Å². The highest BCUT2D eigenvalue weighted by atomic mass is 32.1. The number of rotatable bonds is 8. The zero-order valence-corrected chi connectivity index (χ0v) is 18.4. The Hall–Kier alpha value is -3.22. The van der Waals surface area contributed by atoms with Crippen molar-refractivity contribution in [2.75, 3.05) is 25.1 Å². The van der Waals surface area contributed by atoms with Crippen LogP contribution in [0.15, 0.2) is 66.7 Å². The first-order valence-corrected chi connectivity index (χ1v) is 11.0. The molecule has 0 unspecified atom stereocenters. The first-order chi connectivity index (χ1) is 15.1. The SMILES string of the molecule is CCOCCOc1ccc(C(=O)Nc2ccc(-c3nc4ccc(C)cc4s3)cc2)cc1. The van der Waals surface area contributed by atoms with Gasteiger partial charge in [-0.3, -0.25) is 4.79 Å². The van der Waals surface area contributed by atoms with Gasteiger partial charge < -0.3 is 14.8 Å². The van der Waals surface area contributed by atoms with Gasteiger partial charge >= 0.3 is 0 Å². The maximum absolute atomic E-state index is 12.5. The molecule has 0 aliphatic heterocycles. The number of thiazole rings is 1. The summed E-state index contributed by atoms with van der Waals surface area (Å²) in [6, 6.07) is 21.1. The monoisotopic (exact) mass is 432 g/mol. The summed E-state index contributed by atoms with van der Waals surface area (Å²) in [5.41, 5.74) is 4.58. The minimum Gasteiger partial charge on any atom is -0.491 e. The number of ether oxygens (including phenoxy) is 2. The molecule has 4 aromatic rings. The highest BCUT2D eigenvalue weighted by molar-refractivity contribution is 7.21. The third kappa shape index (κ3) is 5.29. The molecule has 0 aliphatic rings. The van der Waals surface area contributed by atoms with E-state index in [1.807, 2.05) is 31.2 Å². The van der Waals surface area contributed by atoms with E-state index < -0.39 is 0 Å². The summed E-state index contributed by atoms with van der Waals surface area (Å²) in [7, 11) is 0. The number of nitrogens with one attached hydrogen (secondary N) is 1. The summed E-state index contributed by atoms with van der Waals surface area (Å²) < 4.78 is 12.0. The van der Waals surface area contributed by atoms with E-state index in [4.69, 9.17) is 14.5 Å². The average Bonchev–Trinajstić information content (AvgIpc) is 3.21. The molecule has 0 radical (unpaired) electrons. The molecule has 0 aliphatic carbocycles. The quantitative estimate of drug-likeness (QED) is 0.350. The Kier molecular flexibility index (Phi) is 6.60. The fraction of sp³-hybridized carbons (Fsp3) is 0.200. The number of hydrogen-bond donors (Lipinski definition) is 1. The van der Waals surface area contributed by atoms with Crippen molar-refractivity contribution in [2.45, 2.75) is 13.8 Å². The topological polar surface area (TPSA) is 60.5 Å². The molecule has 0 fully saturated rings. The molecule has 6 heteroatoms. The highest BCUT2D eigenvalue weighted by Gasteiger charge is 2.09. The van der Waals surface area contributed by atoms with E-state index >= 15 is 0 Å². The van der Waals surface area contributed by atoms with Gasteiger partial charge in [-0.2, -0.15) is 0 Å². The van der Waals surface area contributed by atoms with Gasteiger partial charge in [0.05, 0.1) is 16.8 Å². The second kappa shape index (κ2) is 9.73. The molecule has 1 aromatic heterocycles. The minimum atomic E-state index is -0.163. The molecule has 158 valence electrons. The number of amides is 1. The van der Waals surface area contributed by atoms with Crippen LogP contribution >= 0.6 is 11.3 Å². The van der Waals surface area contributed by atoms with Crippen LogP contribution < -0.4 is 10.1 Å². The van der Waals surface area contributed by atoms with Gasteiger partial charge in [0.15, 0.2) is 0 Å². The van der Waals surface area contributed by atoms with Gasteiger partial charge in [0.1, 0.15) is 17.4 Å². The number of hydrogen-bond acceptors (Lipinski definition) is 5. The van der Waals surface area contributed by atoms with Gasteiger partial charge in [-0.05, 0) is 80.1 Å². The van der Waals surface area contributed by atoms with Crippen LogP contribution in [0.2, 0.25) is 0 Å². The summed E-state index contributed by atoms with van der Waals surface area (Å²) in [4.78, 5) is 17.3. The van der Waals surface area contributed by atoms with Crippen molar-refractivity contribution < 1.29 is 14.3 Å². The lowest BCUT2D eigenvalue weighted by atomic mass is 10.2. The van der Waals surface area contributed by atoms with Crippen LogP contribution in [-0.2, 0) is 4.74 Å². The van der Waals surface area contributed by atoms with Crippen LogP contribution in [0.5, 0.6) is 5.75 Å². The number of carbonyl (C=O) groups excluding carboxylic acids is 1. The molecule has 3 aromatic carbocycles. The molecule has 31 heavy (non-hydrogen) atoms. The normalized spacial score (nSPS) is 10.9. The van der Waals surface area contributed by atoms with Crippen molar-refractivity contribution in [1.82, 2.24) is 4.98 Å². The molecule has 1 heterocycles. The van der Waals surface area contributed by atoms with Crippen molar-refractivity contribution in [2.24, 2.45) is 0 Å². The fourth-order valence-electron chi connectivity index (χ4n) is 3.12. The van der Waals surface area contributed by atoms with Gasteiger partial charge in [0.25, 0.3) is 5.91 Å². The van der Waals surface area contributed by atoms with Crippen LogP contribution in [0.1, 0.15) is 22.8 Å². The Morgan fingerprint density at radius 2 is 1.77 bits per heavy atom. The average molecular weight is 433 g/mol. The van der Waals surface area contributed by atoms with Crippen LogP contribution in [0.3, 0.4) is 0 Å². The summed E-state index contributed by atoms with van der Waals surface area (Å²) in [5.74, 6) is 0.552. The summed E-state index contributed by atoms with van der Waals surface area (Å²) in [6.07, 6.45) is 0. The van der Waals surface area contributed by atoms with E-state index in [1.165, 1.54) is 10.3 Å². The molecule has 4 rings (SSSR count). The lowest BCUT2D eigenvalue weighted by Crippen LogP contribution is -2.12. The third-order valence-corrected chi connectivity index (χ3v) is 5.82. The molecule has 0 bridgehead atoms. The fourth-order valence-corrected chi connectivity index (χ4v) is 4.19. The Bertz CT molecular complexity index is 1170. The number of anilines is 1. The predicted molar refractivity (Wildman–Crippen MR) is 126 cm³/mol. The molecule has 0 saturated carbocycles. The summed E-state index contributed by atoms with van der Waals surface area (Å²) in [5, 5.41) is 3.90. The minimum absolute atomic E-state index is 0.163.